The van der Waals surface area contributed by atoms with E-state index in [0.717, 1.165) is 44.9 Å². The van der Waals surface area contributed by atoms with Gasteiger partial charge in [0.2, 0.25) is 5.91 Å². The van der Waals surface area contributed by atoms with Gasteiger partial charge in [0.25, 0.3) is 0 Å². The van der Waals surface area contributed by atoms with Crippen LogP contribution in [0.2, 0.25) is 0 Å². The summed E-state index contributed by atoms with van der Waals surface area (Å²) in [5, 5.41) is 23.5. The van der Waals surface area contributed by atoms with E-state index in [1.165, 1.54) is 366 Å². The Balaban J connectivity index is 3.33. The van der Waals surface area contributed by atoms with Gasteiger partial charge in [-0.3, -0.25) is 9.59 Å². The Bertz CT molecular complexity index is 1260. The lowest BCUT2D eigenvalue weighted by molar-refractivity contribution is -0.143. The summed E-state index contributed by atoms with van der Waals surface area (Å²) in [5.74, 6) is -0.0142. The number of hydrogen-bond donors (Lipinski definition) is 3. The number of allylic oxidation sites excluding steroid dienone is 2. The van der Waals surface area contributed by atoms with Crippen LogP contribution in [0.5, 0.6) is 0 Å². The summed E-state index contributed by atoms with van der Waals surface area (Å²) in [6.45, 7) is 4.97. The van der Waals surface area contributed by atoms with Gasteiger partial charge in [-0.05, 0) is 44.9 Å². The first-order chi connectivity index (χ1) is 41.0. The van der Waals surface area contributed by atoms with Crippen molar-refractivity contribution >= 4 is 11.9 Å². The maximum absolute atomic E-state index is 12.6. The molecule has 0 heterocycles. The van der Waals surface area contributed by atoms with Crippen molar-refractivity contribution in [3.8, 4) is 0 Å². The molecule has 0 fully saturated rings. The molecule has 0 aliphatic carbocycles. The third-order valence-corrected chi connectivity index (χ3v) is 18.3. The normalized spacial score (nSPS) is 12.5. The number of aliphatic hydroxyl groups excluding tert-OH is 2. The maximum atomic E-state index is 12.6. The van der Waals surface area contributed by atoms with Crippen LogP contribution in [0.25, 0.3) is 0 Å². The number of amides is 1. The number of carbonyl (C=O) groups is 2. The molecule has 0 spiro atoms. The molecular formula is C77H151NO5. The van der Waals surface area contributed by atoms with E-state index in [-0.39, 0.29) is 18.5 Å². The van der Waals surface area contributed by atoms with Crippen LogP contribution in [0.15, 0.2) is 12.2 Å². The smallest absolute Gasteiger partial charge is 0.305 e. The minimum absolute atomic E-state index is 0.0106. The van der Waals surface area contributed by atoms with Gasteiger partial charge in [0.05, 0.1) is 25.4 Å². The zero-order valence-electron chi connectivity index (χ0n) is 56.7. The van der Waals surface area contributed by atoms with Crippen LogP contribution in [0.3, 0.4) is 0 Å². The quantitative estimate of drug-likeness (QED) is 0.0320. The molecule has 3 N–H and O–H groups in total. The second kappa shape index (κ2) is 73.1. The number of aliphatic hydroxyl groups is 2. The molecule has 0 rings (SSSR count). The van der Waals surface area contributed by atoms with Crippen LogP contribution in [0.4, 0.5) is 0 Å². The average molecular weight is 1170 g/mol. The molecule has 6 nitrogen and oxygen atoms in total. The number of ether oxygens (including phenoxy) is 1. The SMILES string of the molecule is CCCC/C=C\CCCCCCCC(=O)OCCCCCCCCCCCCCCCCCCCCCCCCCCCCCCCCCC(=O)NC(CO)C(O)CCCCCCCCCCCCCCCCCCCCCCCCCC. The predicted molar refractivity (Wildman–Crippen MR) is 366 cm³/mol. The molecule has 2 atom stereocenters. The van der Waals surface area contributed by atoms with Crippen molar-refractivity contribution in [3.63, 3.8) is 0 Å². The van der Waals surface area contributed by atoms with Crippen molar-refractivity contribution in [1.82, 2.24) is 5.32 Å². The monoisotopic (exact) mass is 1170 g/mol. The van der Waals surface area contributed by atoms with Gasteiger partial charge in [-0.2, -0.15) is 0 Å². The maximum Gasteiger partial charge on any atom is 0.305 e. The van der Waals surface area contributed by atoms with Crippen LogP contribution >= 0.6 is 0 Å². The summed E-state index contributed by atoms with van der Waals surface area (Å²) in [7, 11) is 0. The number of rotatable bonds is 73. The van der Waals surface area contributed by atoms with E-state index < -0.39 is 12.1 Å². The van der Waals surface area contributed by atoms with Crippen LogP contribution in [0.1, 0.15) is 444 Å². The van der Waals surface area contributed by atoms with Crippen molar-refractivity contribution in [1.29, 1.82) is 0 Å². The van der Waals surface area contributed by atoms with E-state index >= 15 is 0 Å². The molecule has 0 aliphatic rings. The molecule has 0 aromatic heterocycles. The van der Waals surface area contributed by atoms with E-state index in [9.17, 15) is 19.8 Å². The minimum Gasteiger partial charge on any atom is -0.466 e. The molecule has 0 bridgehead atoms. The van der Waals surface area contributed by atoms with Gasteiger partial charge in [-0.15, -0.1) is 0 Å². The number of hydrogen-bond acceptors (Lipinski definition) is 5. The zero-order chi connectivity index (χ0) is 59.9. The molecule has 6 heteroatoms. The van der Waals surface area contributed by atoms with Gasteiger partial charge in [0.1, 0.15) is 0 Å². The van der Waals surface area contributed by atoms with Gasteiger partial charge >= 0.3 is 5.97 Å². The van der Waals surface area contributed by atoms with E-state index in [2.05, 4.69) is 31.3 Å². The van der Waals surface area contributed by atoms with Crippen LogP contribution < -0.4 is 5.32 Å². The Morgan fingerprint density at radius 2 is 0.578 bits per heavy atom. The van der Waals surface area contributed by atoms with E-state index in [0.29, 0.717) is 25.9 Å². The summed E-state index contributed by atoms with van der Waals surface area (Å²) < 4.78 is 5.47. The average Bonchev–Trinajstić information content (AvgIpc) is 3.49. The lowest BCUT2D eigenvalue weighted by atomic mass is 10.0. The molecule has 2 unspecified atom stereocenters. The number of unbranched alkanes of at least 4 members (excludes halogenated alkanes) is 60. The van der Waals surface area contributed by atoms with Crippen LogP contribution in [-0.4, -0.2) is 47.4 Å². The standard InChI is InChI=1S/C77H151NO5/c1-3-5-7-9-11-13-15-16-17-18-19-20-21-31-34-37-40-43-46-50-53-57-61-65-69-75(80)74(73-79)78-76(81)70-66-62-58-54-51-47-44-41-38-35-32-29-27-25-23-22-24-26-28-30-33-36-39-42-45-48-52-56-60-64-68-72-83-77(82)71-67-63-59-55-49-14-12-10-8-6-4-2/h10,12,74-75,79-80H,3-9,11,13-73H2,1-2H3,(H,78,81)/b12-10-. The lowest BCUT2D eigenvalue weighted by Crippen LogP contribution is -2.45. The highest BCUT2D eigenvalue weighted by atomic mass is 16.5. The van der Waals surface area contributed by atoms with Gasteiger partial charge < -0.3 is 20.3 Å². The van der Waals surface area contributed by atoms with Crippen molar-refractivity contribution in [2.24, 2.45) is 0 Å². The van der Waals surface area contributed by atoms with Crippen molar-refractivity contribution in [2.75, 3.05) is 13.2 Å². The fraction of sp³-hybridized carbons (Fsp3) is 0.948. The fourth-order valence-corrected chi connectivity index (χ4v) is 12.5. The Hall–Kier alpha value is -1.40. The predicted octanol–water partition coefficient (Wildman–Crippen LogP) is 25.1. The fourth-order valence-electron chi connectivity index (χ4n) is 12.5. The first kappa shape index (κ1) is 81.6. The van der Waals surface area contributed by atoms with Gasteiger partial charge in [0, 0.05) is 12.8 Å². The van der Waals surface area contributed by atoms with Gasteiger partial charge in [-0.25, -0.2) is 0 Å². The molecular weight excluding hydrogens is 1020 g/mol. The van der Waals surface area contributed by atoms with E-state index in [1.807, 2.05) is 0 Å². The van der Waals surface area contributed by atoms with Gasteiger partial charge in [0.15, 0.2) is 0 Å². The summed E-state index contributed by atoms with van der Waals surface area (Å²) in [6.07, 6.45) is 91.6. The second-order valence-electron chi connectivity index (χ2n) is 26.7. The topological polar surface area (TPSA) is 95.9 Å². The second-order valence-corrected chi connectivity index (χ2v) is 26.7. The molecule has 0 saturated carbocycles. The number of carbonyl (C=O) groups excluding carboxylic acids is 2. The zero-order valence-corrected chi connectivity index (χ0v) is 56.7. The molecule has 0 aromatic carbocycles. The first-order valence-electron chi connectivity index (χ1n) is 38.4. The highest BCUT2D eigenvalue weighted by Gasteiger charge is 2.20. The third-order valence-electron chi connectivity index (χ3n) is 18.3. The third kappa shape index (κ3) is 69.6. The van der Waals surface area contributed by atoms with Crippen LogP contribution in [-0.2, 0) is 14.3 Å². The Morgan fingerprint density at radius 1 is 0.325 bits per heavy atom. The summed E-state index contributed by atoms with van der Waals surface area (Å²) in [6, 6.07) is -0.539. The minimum atomic E-state index is -0.662. The molecule has 83 heavy (non-hydrogen) atoms. The molecule has 1 amide bonds. The summed E-state index contributed by atoms with van der Waals surface area (Å²) in [5.41, 5.74) is 0. The number of nitrogens with one attached hydrogen (secondary N) is 1. The van der Waals surface area contributed by atoms with Crippen molar-refractivity contribution in [3.05, 3.63) is 12.2 Å². The summed E-state index contributed by atoms with van der Waals surface area (Å²) >= 11 is 0. The Labute approximate surface area is 520 Å². The first-order valence-corrected chi connectivity index (χ1v) is 38.4. The van der Waals surface area contributed by atoms with Crippen LogP contribution in [0, 0.1) is 0 Å². The molecule has 0 aliphatic heterocycles. The Morgan fingerprint density at radius 3 is 0.892 bits per heavy atom. The highest BCUT2D eigenvalue weighted by Crippen LogP contribution is 2.20. The molecule has 0 aromatic rings. The number of esters is 1. The molecule has 0 saturated heterocycles. The Kier molecular flexibility index (Phi) is 71.8. The highest BCUT2D eigenvalue weighted by molar-refractivity contribution is 5.76. The lowest BCUT2D eigenvalue weighted by Gasteiger charge is -2.22. The van der Waals surface area contributed by atoms with Gasteiger partial charge in [-0.1, -0.05) is 398 Å². The van der Waals surface area contributed by atoms with E-state index in [1.54, 1.807) is 0 Å². The largest absolute Gasteiger partial charge is 0.466 e. The van der Waals surface area contributed by atoms with Crippen molar-refractivity contribution < 1.29 is 24.5 Å². The van der Waals surface area contributed by atoms with Crippen molar-refractivity contribution in [2.45, 2.75) is 456 Å². The molecule has 0 radical (unpaired) electrons. The summed E-state index contributed by atoms with van der Waals surface area (Å²) in [4.78, 5) is 24.6. The van der Waals surface area contributed by atoms with E-state index in [4.69, 9.17) is 4.74 Å². The molecule has 494 valence electrons.